The first-order valence-electron chi connectivity index (χ1n) is 6.52. The fourth-order valence-electron chi connectivity index (χ4n) is 1.62. The minimum absolute atomic E-state index is 0.193. The summed E-state index contributed by atoms with van der Waals surface area (Å²) in [5.41, 5.74) is 0. The number of imidazole rings is 1. The Labute approximate surface area is 121 Å². The van der Waals surface area contributed by atoms with Gasteiger partial charge in [0.05, 0.1) is 0 Å². The van der Waals surface area contributed by atoms with E-state index in [0.29, 0.717) is 23.1 Å². The average molecular weight is 294 g/mol. The molecule has 0 fully saturated rings. The van der Waals surface area contributed by atoms with Crippen LogP contribution in [0.3, 0.4) is 0 Å². The molecule has 0 aliphatic carbocycles. The van der Waals surface area contributed by atoms with Crippen molar-refractivity contribution in [2.45, 2.75) is 19.8 Å². The molecule has 0 aliphatic rings. The Hall–Kier alpha value is -1.96. The number of amides is 1. The normalized spacial score (nSPS) is 10.5. The molecule has 0 bridgehead atoms. The van der Waals surface area contributed by atoms with Gasteiger partial charge < -0.3 is 15.2 Å². The second-order valence-electron chi connectivity index (χ2n) is 4.30. The molecule has 0 saturated carbocycles. The molecule has 2 N–H and O–H groups in total. The van der Waals surface area contributed by atoms with Crippen molar-refractivity contribution in [3.05, 3.63) is 23.2 Å². The summed E-state index contributed by atoms with van der Waals surface area (Å²) in [6.45, 7) is 3.43. The molecule has 2 aromatic rings. The maximum atomic E-state index is 11.9. The maximum absolute atomic E-state index is 11.9. The zero-order valence-corrected chi connectivity index (χ0v) is 12.4. The summed E-state index contributed by atoms with van der Waals surface area (Å²) in [5, 5.41) is 14.8. The van der Waals surface area contributed by atoms with Crippen molar-refractivity contribution in [3.8, 4) is 0 Å². The van der Waals surface area contributed by atoms with Crippen LogP contribution in [0.4, 0.5) is 5.13 Å². The third-order valence-corrected chi connectivity index (χ3v) is 3.58. The molecule has 0 atom stereocenters. The van der Waals surface area contributed by atoms with Gasteiger partial charge in [0.2, 0.25) is 10.1 Å². The molecule has 1 amide bonds. The molecule has 2 heterocycles. The molecule has 7 nitrogen and oxygen atoms in total. The van der Waals surface area contributed by atoms with Gasteiger partial charge in [-0.15, -0.1) is 10.2 Å². The number of nitrogens with zero attached hydrogens (tertiary/aromatic N) is 4. The Morgan fingerprint density at radius 1 is 1.40 bits per heavy atom. The van der Waals surface area contributed by atoms with Crippen LogP contribution in [0.2, 0.25) is 0 Å². The number of aromatic nitrogens is 4. The van der Waals surface area contributed by atoms with Crippen molar-refractivity contribution in [3.63, 3.8) is 0 Å². The second kappa shape index (κ2) is 6.99. The van der Waals surface area contributed by atoms with E-state index in [1.807, 2.05) is 17.8 Å². The lowest BCUT2D eigenvalue weighted by atomic mass is 10.4. The minimum atomic E-state index is -0.193. The first-order chi connectivity index (χ1) is 9.70. The number of hydrogen-bond acceptors (Lipinski definition) is 6. The fourth-order valence-corrected chi connectivity index (χ4v) is 2.30. The zero-order valence-electron chi connectivity index (χ0n) is 11.6. The van der Waals surface area contributed by atoms with Crippen LogP contribution in [0.15, 0.2) is 12.4 Å². The third kappa shape index (κ3) is 3.77. The average Bonchev–Trinajstić information content (AvgIpc) is 3.06. The molecule has 2 rings (SSSR count). The zero-order chi connectivity index (χ0) is 14.4. The Morgan fingerprint density at radius 3 is 2.95 bits per heavy atom. The molecular formula is C12H18N6OS. The van der Waals surface area contributed by atoms with Gasteiger partial charge in [-0.3, -0.25) is 4.79 Å². The monoisotopic (exact) mass is 294 g/mol. The topological polar surface area (TPSA) is 84.7 Å². The van der Waals surface area contributed by atoms with Crippen LogP contribution in [-0.2, 0) is 13.5 Å². The Kier molecular flexibility index (Phi) is 5.05. The molecule has 0 aromatic carbocycles. The van der Waals surface area contributed by atoms with E-state index in [9.17, 15) is 4.79 Å². The molecule has 108 valence electrons. The van der Waals surface area contributed by atoms with Gasteiger partial charge in [-0.05, 0) is 6.42 Å². The molecule has 0 unspecified atom stereocenters. The predicted octanol–water partition coefficient (Wildman–Crippen LogP) is 1.07. The minimum Gasteiger partial charge on any atom is -0.360 e. The van der Waals surface area contributed by atoms with Gasteiger partial charge in [0, 0.05) is 39.0 Å². The van der Waals surface area contributed by atoms with Crippen LogP contribution in [0, 0.1) is 0 Å². The van der Waals surface area contributed by atoms with E-state index in [1.54, 1.807) is 6.20 Å². The van der Waals surface area contributed by atoms with Crippen molar-refractivity contribution < 1.29 is 4.79 Å². The quantitative estimate of drug-likeness (QED) is 0.798. The summed E-state index contributed by atoms with van der Waals surface area (Å²) in [5.74, 6) is 0.745. The maximum Gasteiger partial charge on any atom is 0.282 e. The summed E-state index contributed by atoms with van der Waals surface area (Å²) in [6, 6.07) is 0. The van der Waals surface area contributed by atoms with Crippen LogP contribution in [0.25, 0.3) is 0 Å². The van der Waals surface area contributed by atoms with Crippen molar-refractivity contribution >= 4 is 22.4 Å². The predicted molar refractivity (Wildman–Crippen MR) is 77.9 cm³/mol. The molecule has 0 saturated heterocycles. The second-order valence-corrected chi connectivity index (χ2v) is 5.28. The number of aryl methyl sites for hydroxylation is 1. The summed E-state index contributed by atoms with van der Waals surface area (Å²) in [6.07, 6.45) is 5.32. The molecule has 20 heavy (non-hydrogen) atoms. The highest BCUT2D eigenvalue weighted by molar-refractivity contribution is 7.17. The molecular weight excluding hydrogens is 276 g/mol. The lowest BCUT2D eigenvalue weighted by Crippen LogP contribution is -2.26. The Balaban J connectivity index is 1.79. The standard InChI is InChI=1S/C12H18N6OS/c1-3-5-15-12-17-16-11(20-12)10(19)14-6-4-9-13-7-8-18(9)2/h7-8H,3-6H2,1-2H3,(H,14,19)(H,15,17). The largest absolute Gasteiger partial charge is 0.360 e. The lowest BCUT2D eigenvalue weighted by Gasteiger charge is -2.03. The van der Waals surface area contributed by atoms with Crippen LogP contribution < -0.4 is 10.6 Å². The highest BCUT2D eigenvalue weighted by atomic mass is 32.1. The summed E-state index contributed by atoms with van der Waals surface area (Å²) >= 11 is 1.27. The van der Waals surface area contributed by atoms with E-state index in [4.69, 9.17) is 0 Å². The molecule has 0 aliphatic heterocycles. The van der Waals surface area contributed by atoms with Crippen molar-refractivity contribution in [2.24, 2.45) is 7.05 Å². The summed E-state index contributed by atoms with van der Waals surface area (Å²) in [7, 11) is 1.93. The number of carbonyl (C=O) groups is 1. The van der Waals surface area contributed by atoms with E-state index in [2.05, 4.69) is 32.7 Å². The molecule has 0 spiro atoms. The summed E-state index contributed by atoms with van der Waals surface area (Å²) < 4.78 is 1.93. The first-order valence-corrected chi connectivity index (χ1v) is 7.34. The van der Waals surface area contributed by atoms with Crippen molar-refractivity contribution in [1.82, 2.24) is 25.1 Å². The van der Waals surface area contributed by atoms with Crippen molar-refractivity contribution in [2.75, 3.05) is 18.4 Å². The number of rotatable bonds is 7. The van der Waals surface area contributed by atoms with E-state index in [-0.39, 0.29) is 5.91 Å². The van der Waals surface area contributed by atoms with E-state index >= 15 is 0 Å². The van der Waals surface area contributed by atoms with Crippen LogP contribution in [0.5, 0.6) is 0 Å². The van der Waals surface area contributed by atoms with Gasteiger partial charge in [-0.25, -0.2) is 4.98 Å². The summed E-state index contributed by atoms with van der Waals surface area (Å²) in [4.78, 5) is 16.1. The van der Waals surface area contributed by atoms with E-state index in [0.717, 1.165) is 18.8 Å². The molecule has 2 aromatic heterocycles. The Bertz CT molecular complexity index is 564. The number of hydrogen-bond donors (Lipinski definition) is 2. The smallest absolute Gasteiger partial charge is 0.282 e. The van der Waals surface area contributed by atoms with Gasteiger partial charge in [-0.1, -0.05) is 18.3 Å². The number of carbonyl (C=O) groups excluding carboxylic acids is 1. The number of nitrogens with one attached hydrogen (secondary N) is 2. The van der Waals surface area contributed by atoms with Crippen LogP contribution in [-0.4, -0.2) is 38.7 Å². The van der Waals surface area contributed by atoms with E-state index < -0.39 is 0 Å². The van der Waals surface area contributed by atoms with Crippen molar-refractivity contribution in [1.29, 1.82) is 0 Å². The van der Waals surface area contributed by atoms with Gasteiger partial charge in [0.25, 0.3) is 5.91 Å². The lowest BCUT2D eigenvalue weighted by molar-refractivity contribution is 0.0953. The van der Waals surface area contributed by atoms with Gasteiger partial charge >= 0.3 is 0 Å². The molecule has 0 radical (unpaired) electrons. The molecule has 8 heteroatoms. The Morgan fingerprint density at radius 2 is 2.25 bits per heavy atom. The number of anilines is 1. The highest BCUT2D eigenvalue weighted by Gasteiger charge is 2.12. The first kappa shape index (κ1) is 14.4. The highest BCUT2D eigenvalue weighted by Crippen LogP contribution is 2.14. The van der Waals surface area contributed by atoms with Crippen LogP contribution in [0.1, 0.15) is 29.0 Å². The SMILES string of the molecule is CCCNc1nnc(C(=O)NCCc2nccn2C)s1. The van der Waals surface area contributed by atoms with Gasteiger partial charge in [0.15, 0.2) is 0 Å². The van der Waals surface area contributed by atoms with E-state index in [1.165, 1.54) is 11.3 Å². The van der Waals surface area contributed by atoms with Gasteiger partial charge in [-0.2, -0.15) is 0 Å². The van der Waals surface area contributed by atoms with Crippen LogP contribution >= 0.6 is 11.3 Å². The van der Waals surface area contributed by atoms with Gasteiger partial charge in [0.1, 0.15) is 5.82 Å². The third-order valence-electron chi connectivity index (χ3n) is 2.70. The fraction of sp³-hybridized carbons (Fsp3) is 0.500.